The number of aliphatic imine (C=N–C) groups is 1. The van der Waals surface area contributed by atoms with Crippen LogP contribution < -0.4 is 0 Å². The minimum atomic E-state index is -3.77. The Morgan fingerprint density at radius 3 is 2.52 bits per heavy atom. The summed E-state index contributed by atoms with van der Waals surface area (Å²) in [6.45, 7) is 4.93. The number of halogens is 3. The zero-order valence-corrected chi connectivity index (χ0v) is 16.9. The molecule has 1 saturated carbocycles. The Morgan fingerprint density at radius 1 is 1.31 bits per heavy atom. The van der Waals surface area contributed by atoms with Crippen LogP contribution in [-0.4, -0.2) is 37.3 Å². The molecule has 29 heavy (non-hydrogen) atoms. The van der Waals surface area contributed by atoms with Crippen LogP contribution in [0.3, 0.4) is 0 Å². The Balaban J connectivity index is 1.79. The summed E-state index contributed by atoms with van der Waals surface area (Å²) >= 11 is 0. The molecular weight excluding hydrogens is 403 g/mol. The van der Waals surface area contributed by atoms with E-state index < -0.39 is 38.8 Å². The minimum absolute atomic E-state index is 0.141. The summed E-state index contributed by atoms with van der Waals surface area (Å²) in [4.78, 5) is 3.61. The topological polar surface area (TPSA) is 66.7 Å². The van der Waals surface area contributed by atoms with Crippen molar-refractivity contribution in [2.45, 2.75) is 54.8 Å². The van der Waals surface area contributed by atoms with Gasteiger partial charge in [-0.1, -0.05) is 12.1 Å². The molecule has 8 heteroatoms. The van der Waals surface area contributed by atoms with E-state index >= 15 is 0 Å². The normalized spacial score (nSPS) is 32.7. The Kier molecular flexibility index (Phi) is 5.80. The van der Waals surface area contributed by atoms with Crippen molar-refractivity contribution in [2.75, 3.05) is 5.75 Å². The van der Waals surface area contributed by atoms with Crippen LogP contribution in [0.5, 0.6) is 0 Å². The molecule has 2 unspecified atom stereocenters. The number of hydrogen-bond acceptors (Lipinski definition) is 4. The highest BCUT2D eigenvalue weighted by atomic mass is 32.2. The fourth-order valence-corrected chi connectivity index (χ4v) is 5.59. The number of nitrogens with zero attached hydrogens (tertiary/aromatic N) is 1. The number of rotatable bonds is 5. The Labute approximate surface area is 168 Å². The molecule has 1 fully saturated rings. The Bertz CT molecular complexity index is 965. The van der Waals surface area contributed by atoms with Crippen molar-refractivity contribution in [3.63, 3.8) is 0 Å². The number of dihydropyridines is 1. The average molecular weight is 427 g/mol. The lowest BCUT2D eigenvalue weighted by atomic mass is 9.80. The standard InChI is InChI=1S/C21H24F3NO3S/c1-3-21(26)8-6-14(7-9-21)13-29(27,28)16-4-5-17(18(23)11-16)20(2)19(24)10-15(22)12-25-20/h3-5,10-12,14,19,26H,1,6-9,13H2,2H3. The van der Waals surface area contributed by atoms with Gasteiger partial charge in [0.15, 0.2) is 16.0 Å². The maximum atomic E-state index is 14.7. The van der Waals surface area contributed by atoms with Crippen molar-refractivity contribution in [2.24, 2.45) is 10.9 Å². The zero-order valence-electron chi connectivity index (χ0n) is 16.1. The third-order valence-corrected chi connectivity index (χ3v) is 7.83. The first-order valence-corrected chi connectivity index (χ1v) is 11.1. The molecular formula is C21H24F3NO3S. The SMILES string of the molecule is C=CC1(O)CCC(CS(=O)(=O)c2ccc(C3(C)N=CC(F)=CC3F)c(F)c2)CC1. The van der Waals surface area contributed by atoms with Gasteiger partial charge in [0.2, 0.25) is 0 Å². The first-order valence-electron chi connectivity index (χ1n) is 9.44. The highest BCUT2D eigenvalue weighted by Gasteiger charge is 2.40. The van der Waals surface area contributed by atoms with Gasteiger partial charge in [0.1, 0.15) is 17.2 Å². The summed E-state index contributed by atoms with van der Waals surface area (Å²) in [6, 6.07) is 3.30. The van der Waals surface area contributed by atoms with Gasteiger partial charge in [0.25, 0.3) is 0 Å². The maximum absolute atomic E-state index is 14.7. The van der Waals surface area contributed by atoms with Crippen LogP contribution in [0.25, 0.3) is 0 Å². The summed E-state index contributed by atoms with van der Waals surface area (Å²) in [7, 11) is -3.77. The van der Waals surface area contributed by atoms with Crippen molar-refractivity contribution >= 4 is 16.1 Å². The molecule has 2 atom stereocenters. The molecule has 0 spiro atoms. The predicted molar refractivity (Wildman–Crippen MR) is 105 cm³/mol. The van der Waals surface area contributed by atoms with Gasteiger partial charge in [-0.05, 0) is 56.7 Å². The van der Waals surface area contributed by atoms with E-state index in [9.17, 15) is 26.7 Å². The summed E-state index contributed by atoms with van der Waals surface area (Å²) < 4.78 is 67.8. The molecule has 1 N–H and O–H groups in total. The van der Waals surface area contributed by atoms with E-state index in [0.29, 0.717) is 31.8 Å². The number of benzene rings is 1. The molecule has 1 aliphatic carbocycles. The molecule has 2 aliphatic rings. The third-order valence-electron chi connectivity index (χ3n) is 5.95. The van der Waals surface area contributed by atoms with Crippen molar-refractivity contribution in [1.29, 1.82) is 0 Å². The number of sulfone groups is 1. The van der Waals surface area contributed by atoms with E-state index in [1.807, 2.05) is 0 Å². The maximum Gasteiger partial charge on any atom is 0.178 e. The second-order valence-electron chi connectivity index (χ2n) is 8.03. The van der Waals surface area contributed by atoms with Crippen molar-refractivity contribution in [3.05, 3.63) is 54.1 Å². The molecule has 1 aromatic rings. The van der Waals surface area contributed by atoms with Crippen LogP contribution in [0.15, 0.2) is 52.6 Å². The third kappa shape index (κ3) is 4.33. The molecule has 3 rings (SSSR count). The van der Waals surface area contributed by atoms with Crippen molar-refractivity contribution in [1.82, 2.24) is 0 Å². The Morgan fingerprint density at radius 2 is 1.97 bits per heavy atom. The highest BCUT2D eigenvalue weighted by molar-refractivity contribution is 7.91. The second-order valence-corrected chi connectivity index (χ2v) is 10.1. The molecule has 0 saturated heterocycles. The van der Waals surface area contributed by atoms with Crippen LogP contribution in [0, 0.1) is 11.7 Å². The van der Waals surface area contributed by atoms with E-state index in [0.717, 1.165) is 12.3 Å². The van der Waals surface area contributed by atoms with Crippen LogP contribution in [-0.2, 0) is 15.4 Å². The van der Waals surface area contributed by atoms with Gasteiger partial charge >= 0.3 is 0 Å². The molecule has 0 bridgehead atoms. The molecule has 0 amide bonds. The molecule has 0 radical (unpaired) electrons. The van der Waals surface area contributed by atoms with Gasteiger partial charge in [-0.15, -0.1) is 6.58 Å². The molecule has 1 aromatic carbocycles. The molecule has 1 heterocycles. The van der Waals surface area contributed by atoms with Crippen LogP contribution in [0.2, 0.25) is 0 Å². The highest BCUT2D eigenvalue weighted by Crippen LogP contribution is 2.38. The van der Waals surface area contributed by atoms with Gasteiger partial charge in [0.05, 0.1) is 22.5 Å². The van der Waals surface area contributed by atoms with Crippen molar-refractivity contribution < 1.29 is 26.7 Å². The van der Waals surface area contributed by atoms with Gasteiger partial charge in [0, 0.05) is 5.56 Å². The van der Waals surface area contributed by atoms with Crippen molar-refractivity contribution in [3.8, 4) is 0 Å². The molecule has 4 nitrogen and oxygen atoms in total. The van der Waals surface area contributed by atoms with Gasteiger partial charge in [-0.2, -0.15) is 0 Å². The summed E-state index contributed by atoms with van der Waals surface area (Å²) in [5.41, 5.74) is -2.76. The van der Waals surface area contributed by atoms with E-state index in [4.69, 9.17) is 0 Å². The summed E-state index contributed by atoms with van der Waals surface area (Å²) in [5.74, 6) is -2.06. The van der Waals surface area contributed by atoms with E-state index in [1.165, 1.54) is 25.1 Å². The minimum Gasteiger partial charge on any atom is -0.386 e. The number of alkyl halides is 1. The van der Waals surface area contributed by atoms with Gasteiger partial charge < -0.3 is 5.11 Å². The van der Waals surface area contributed by atoms with E-state index in [1.54, 1.807) is 0 Å². The smallest absolute Gasteiger partial charge is 0.178 e. The average Bonchev–Trinajstić information content (AvgIpc) is 2.67. The van der Waals surface area contributed by atoms with Crippen LogP contribution in [0.4, 0.5) is 13.2 Å². The monoisotopic (exact) mass is 427 g/mol. The summed E-state index contributed by atoms with van der Waals surface area (Å²) in [6.07, 6.45) is 3.06. The van der Waals surface area contributed by atoms with E-state index in [2.05, 4.69) is 11.6 Å². The first-order chi connectivity index (χ1) is 13.5. The zero-order chi connectivity index (χ0) is 21.4. The number of aliphatic hydroxyl groups is 1. The largest absolute Gasteiger partial charge is 0.386 e. The first kappa shape index (κ1) is 21.8. The quantitative estimate of drug-likeness (QED) is 0.717. The summed E-state index contributed by atoms with van der Waals surface area (Å²) in [5, 5.41) is 10.2. The second kappa shape index (κ2) is 7.72. The lowest BCUT2D eigenvalue weighted by Gasteiger charge is -2.33. The van der Waals surface area contributed by atoms with Crippen LogP contribution in [0.1, 0.15) is 38.2 Å². The predicted octanol–water partition coefficient (Wildman–Crippen LogP) is 4.20. The van der Waals surface area contributed by atoms with E-state index in [-0.39, 0.29) is 22.1 Å². The van der Waals surface area contributed by atoms with Gasteiger partial charge in [-0.3, -0.25) is 4.99 Å². The fourth-order valence-electron chi connectivity index (χ4n) is 3.88. The number of hydrogen-bond donors (Lipinski definition) is 1. The Hall–Kier alpha value is -1.93. The lowest BCUT2D eigenvalue weighted by molar-refractivity contribution is 0.0387. The molecule has 1 aliphatic heterocycles. The van der Waals surface area contributed by atoms with Crippen LogP contribution >= 0.6 is 0 Å². The van der Waals surface area contributed by atoms with Gasteiger partial charge in [-0.25, -0.2) is 21.6 Å². The fraction of sp³-hybridized carbons (Fsp3) is 0.476. The molecule has 0 aromatic heterocycles. The lowest BCUT2D eigenvalue weighted by Crippen LogP contribution is -2.34. The molecule has 158 valence electrons. The number of allylic oxidation sites excluding steroid dienone is 1.